The van der Waals surface area contributed by atoms with Crippen LogP contribution in [0, 0.1) is 11.6 Å². The topological polar surface area (TPSA) is 108 Å². The summed E-state index contributed by atoms with van der Waals surface area (Å²) in [5, 5.41) is 12.8. The van der Waals surface area contributed by atoms with Crippen LogP contribution in [0.4, 0.5) is 27.6 Å². The summed E-state index contributed by atoms with van der Waals surface area (Å²) in [5.41, 5.74) is -5.30. The smallest absolute Gasteiger partial charge is 0.421 e. The first kappa shape index (κ1) is 30.0. The Morgan fingerprint density at radius 3 is 2.44 bits per heavy atom. The quantitative estimate of drug-likeness (QED) is 0.263. The molecule has 15 heteroatoms. The van der Waals surface area contributed by atoms with Crippen molar-refractivity contribution in [3.63, 3.8) is 0 Å². The lowest BCUT2D eigenvalue weighted by Gasteiger charge is -2.39. The number of hydrogen-bond donors (Lipinski definition) is 2. The van der Waals surface area contributed by atoms with Gasteiger partial charge < -0.3 is 24.6 Å². The Morgan fingerprint density at radius 1 is 1.07 bits per heavy atom. The Morgan fingerprint density at radius 2 is 1.80 bits per heavy atom. The fraction of sp³-hybridized carbons (Fsp3) is 0.269. The molecule has 2 heterocycles. The highest BCUT2D eigenvalue weighted by molar-refractivity contribution is 6.31. The molecule has 41 heavy (non-hydrogen) atoms. The number of methoxy groups -OCH3 is 3. The van der Waals surface area contributed by atoms with Crippen molar-refractivity contribution in [3.05, 3.63) is 81.2 Å². The molecule has 0 radical (unpaired) electrons. The number of rotatable bonds is 9. The van der Waals surface area contributed by atoms with Gasteiger partial charge in [-0.1, -0.05) is 17.7 Å². The van der Waals surface area contributed by atoms with Gasteiger partial charge in [-0.3, -0.25) is 9.36 Å². The minimum absolute atomic E-state index is 0.0213. The molecule has 2 N–H and O–H groups in total. The van der Waals surface area contributed by atoms with Crippen LogP contribution >= 0.6 is 11.6 Å². The highest BCUT2D eigenvalue weighted by Gasteiger charge is 2.60. The van der Waals surface area contributed by atoms with E-state index in [9.17, 15) is 27.5 Å². The maximum Gasteiger partial charge on any atom is 0.421 e. The van der Waals surface area contributed by atoms with Crippen LogP contribution in [0.5, 0.6) is 11.8 Å². The summed E-state index contributed by atoms with van der Waals surface area (Å²) in [7, 11) is 3.35. The first-order valence-corrected chi connectivity index (χ1v) is 12.0. The van der Waals surface area contributed by atoms with Gasteiger partial charge in [-0.2, -0.15) is 18.2 Å². The van der Waals surface area contributed by atoms with Crippen molar-refractivity contribution < 1.29 is 41.3 Å². The Kier molecular flexibility index (Phi) is 8.38. The molecule has 2 unspecified atom stereocenters. The third kappa shape index (κ3) is 5.49. The van der Waals surface area contributed by atoms with Gasteiger partial charge in [-0.05, 0) is 29.8 Å². The SMILES string of the molecule is COCC(O)(C(Nc1cc(F)cc2c1ccc(=O)n2-c1ccnc(OC)n1)c1ccc(OC)c(F)c1Cl)C(F)(F)F. The number of anilines is 1. The molecular formula is C26H22ClF5N4O5. The Labute approximate surface area is 234 Å². The molecule has 0 spiro atoms. The lowest BCUT2D eigenvalue weighted by Crippen LogP contribution is -2.56. The number of fused-ring (bicyclic) bond motifs is 1. The Hall–Kier alpha value is -4.01. The zero-order valence-electron chi connectivity index (χ0n) is 21.6. The van der Waals surface area contributed by atoms with Gasteiger partial charge in [0.05, 0.1) is 37.4 Å². The number of alkyl halides is 3. The molecule has 218 valence electrons. The summed E-state index contributed by atoms with van der Waals surface area (Å²) in [6, 6.07) is 5.18. The van der Waals surface area contributed by atoms with Crippen molar-refractivity contribution in [2.45, 2.75) is 17.8 Å². The maximum atomic E-state index is 15.0. The second-order valence-electron chi connectivity index (χ2n) is 8.71. The largest absolute Gasteiger partial charge is 0.494 e. The third-order valence-electron chi connectivity index (χ3n) is 6.25. The van der Waals surface area contributed by atoms with Crippen LogP contribution < -0.4 is 20.3 Å². The highest BCUT2D eigenvalue weighted by Crippen LogP contribution is 2.46. The van der Waals surface area contributed by atoms with Crippen LogP contribution in [0.1, 0.15) is 11.6 Å². The first-order valence-electron chi connectivity index (χ1n) is 11.7. The van der Waals surface area contributed by atoms with E-state index in [4.69, 9.17) is 25.8 Å². The first-order chi connectivity index (χ1) is 19.4. The zero-order valence-corrected chi connectivity index (χ0v) is 22.3. The average molecular weight is 601 g/mol. The number of ether oxygens (including phenoxy) is 3. The molecule has 2 aromatic carbocycles. The predicted molar refractivity (Wildman–Crippen MR) is 139 cm³/mol. The molecule has 2 aromatic heterocycles. The maximum absolute atomic E-state index is 15.0. The summed E-state index contributed by atoms with van der Waals surface area (Å²) in [5.74, 6) is -2.53. The second-order valence-corrected chi connectivity index (χ2v) is 9.09. The summed E-state index contributed by atoms with van der Waals surface area (Å²) >= 11 is 6.14. The van der Waals surface area contributed by atoms with E-state index in [0.29, 0.717) is 0 Å². The van der Waals surface area contributed by atoms with Gasteiger partial charge in [0, 0.05) is 36.5 Å². The molecule has 0 aliphatic rings. The van der Waals surface area contributed by atoms with Gasteiger partial charge in [0.2, 0.25) is 5.60 Å². The lowest BCUT2D eigenvalue weighted by molar-refractivity contribution is -0.279. The van der Waals surface area contributed by atoms with Gasteiger partial charge in [0.1, 0.15) is 11.6 Å². The van der Waals surface area contributed by atoms with Crippen molar-refractivity contribution in [1.82, 2.24) is 14.5 Å². The van der Waals surface area contributed by atoms with Gasteiger partial charge in [0.15, 0.2) is 11.6 Å². The number of halogens is 6. The van der Waals surface area contributed by atoms with Gasteiger partial charge in [-0.15, -0.1) is 0 Å². The van der Waals surface area contributed by atoms with Gasteiger partial charge >= 0.3 is 12.2 Å². The summed E-state index contributed by atoms with van der Waals surface area (Å²) in [4.78, 5) is 20.8. The third-order valence-corrected chi connectivity index (χ3v) is 6.63. The van der Waals surface area contributed by atoms with Crippen molar-refractivity contribution in [3.8, 4) is 17.6 Å². The molecule has 9 nitrogen and oxygen atoms in total. The number of aromatic nitrogens is 3. The van der Waals surface area contributed by atoms with E-state index in [0.717, 1.165) is 49.1 Å². The van der Waals surface area contributed by atoms with Crippen molar-refractivity contribution >= 4 is 28.2 Å². The fourth-order valence-electron chi connectivity index (χ4n) is 4.31. The highest BCUT2D eigenvalue weighted by atomic mass is 35.5. The molecule has 0 saturated carbocycles. The van der Waals surface area contributed by atoms with E-state index >= 15 is 4.39 Å². The number of nitrogens with zero attached hydrogens (tertiary/aromatic N) is 3. The number of aliphatic hydroxyl groups is 1. The van der Waals surface area contributed by atoms with E-state index in [1.807, 2.05) is 0 Å². The number of benzene rings is 2. The van der Waals surface area contributed by atoms with E-state index in [2.05, 4.69) is 15.3 Å². The molecule has 0 fully saturated rings. The molecule has 4 rings (SSSR count). The average Bonchev–Trinajstić information content (AvgIpc) is 2.92. The van der Waals surface area contributed by atoms with E-state index in [1.165, 1.54) is 25.4 Å². The van der Waals surface area contributed by atoms with Crippen LogP contribution in [0.3, 0.4) is 0 Å². The molecule has 4 aromatic rings. The molecule has 0 aliphatic carbocycles. The molecule has 0 amide bonds. The standard InChI is InChI=1S/C26H22ClF5N4O5/c1-39-12-25(38,26(30,31)32)23(15-4-6-18(40-2)22(29)21(15)27)34-16-10-13(28)11-17-14(16)5-7-20(37)36(17)19-8-9-33-24(35-19)41-3/h4-11,23,34,38H,12H2,1-3H3. The van der Waals surface area contributed by atoms with Crippen LogP contribution in [0.25, 0.3) is 16.7 Å². The number of nitrogens with one attached hydrogen (secondary N) is 1. The molecule has 2 atom stereocenters. The van der Waals surface area contributed by atoms with Crippen LogP contribution in [0.15, 0.2) is 53.5 Å². The van der Waals surface area contributed by atoms with Crippen LogP contribution in [-0.2, 0) is 4.74 Å². The Balaban J connectivity index is 2.00. The van der Waals surface area contributed by atoms with Crippen LogP contribution in [-0.4, -0.2) is 59.4 Å². The zero-order chi connectivity index (χ0) is 30.1. The van der Waals surface area contributed by atoms with Gasteiger partial charge in [-0.25, -0.2) is 13.8 Å². The molecular weight excluding hydrogens is 579 g/mol. The molecule has 0 aliphatic heterocycles. The van der Waals surface area contributed by atoms with E-state index < -0.39 is 52.2 Å². The van der Waals surface area contributed by atoms with Gasteiger partial charge in [0.25, 0.3) is 5.56 Å². The normalized spacial score (nSPS) is 14.0. The monoisotopic (exact) mass is 600 g/mol. The fourth-order valence-corrected chi connectivity index (χ4v) is 4.57. The van der Waals surface area contributed by atoms with Crippen molar-refractivity contribution in [1.29, 1.82) is 0 Å². The number of hydrogen-bond acceptors (Lipinski definition) is 8. The second kappa shape index (κ2) is 11.5. The predicted octanol–water partition coefficient (Wildman–Crippen LogP) is 4.82. The minimum Gasteiger partial charge on any atom is -0.494 e. The minimum atomic E-state index is -5.36. The summed E-state index contributed by atoms with van der Waals surface area (Å²) in [6.07, 6.45) is -4.07. The van der Waals surface area contributed by atoms with Crippen molar-refractivity contribution in [2.24, 2.45) is 0 Å². The molecule has 0 saturated heterocycles. The van der Waals surface area contributed by atoms with Crippen LogP contribution in [0.2, 0.25) is 5.02 Å². The van der Waals surface area contributed by atoms with E-state index in [1.54, 1.807) is 0 Å². The molecule has 0 bridgehead atoms. The van der Waals surface area contributed by atoms with Crippen molar-refractivity contribution in [2.75, 3.05) is 33.3 Å². The lowest BCUT2D eigenvalue weighted by atomic mass is 9.87. The summed E-state index contributed by atoms with van der Waals surface area (Å²) in [6.45, 7) is -1.31. The summed E-state index contributed by atoms with van der Waals surface area (Å²) < 4.78 is 88.7. The van der Waals surface area contributed by atoms with E-state index in [-0.39, 0.29) is 34.2 Å². The Bertz CT molecular complexity index is 1650. The number of pyridine rings is 1.